The molecule has 1 amide bonds. The van der Waals surface area contributed by atoms with E-state index in [0.29, 0.717) is 0 Å². The average Bonchev–Trinajstić information content (AvgIpc) is 3.12. The fourth-order valence-electron chi connectivity index (χ4n) is 4.27. The maximum Gasteiger partial charge on any atom is 0.224 e. The molecule has 5 heteroatoms. The van der Waals surface area contributed by atoms with Gasteiger partial charge in [-0.05, 0) is 69.6 Å². The highest BCUT2D eigenvalue weighted by molar-refractivity contribution is 5.80. The van der Waals surface area contributed by atoms with E-state index in [0.717, 1.165) is 55.9 Å². The van der Waals surface area contributed by atoms with Crippen LogP contribution in [0.5, 0.6) is 0 Å². The van der Waals surface area contributed by atoms with Crippen molar-refractivity contribution in [2.75, 3.05) is 24.5 Å². The molecule has 0 bridgehead atoms. The highest BCUT2D eigenvalue weighted by Gasteiger charge is 2.27. The number of nitrogens with one attached hydrogen (secondary N) is 2. The van der Waals surface area contributed by atoms with Crippen LogP contribution in [-0.2, 0) is 4.79 Å². The van der Waals surface area contributed by atoms with Gasteiger partial charge < -0.3 is 15.2 Å². The van der Waals surface area contributed by atoms with E-state index in [-0.39, 0.29) is 11.8 Å². The van der Waals surface area contributed by atoms with Gasteiger partial charge in [-0.3, -0.25) is 4.79 Å². The van der Waals surface area contributed by atoms with E-state index in [2.05, 4.69) is 46.4 Å². The molecule has 4 rings (SSSR count). The van der Waals surface area contributed by atoms with Gasteiger partial charge in [0.2, 0.25) is 11.9 Å². The second-order valence-electron chi connectivity index (χ2n) is 8.02. The van der Waals surface area contributed by atoms with Crippen molar-refractivity contribution < 1.29 is 4.79 Å². The summed E-state index contributed by atoms with van der Waals surface area (Å²) in [6, 6.07) is 6.26. The van der Waals surface area contributed by atoms with Crippen molar-refractivity contribution >= 4 is 22.9 Å². The monoisotopic (exact) mass is 366 g/mol. The van der Waals surface area contributed by atoms with Crippen LogP contribution in [0, 0.1) is 12.8 Å². The first-order valence-electron chi connectivity index (χ1n) is 10.4. The molecule has 1 aliphatic carbocycles. The summed E-state index contributed by atoms with van der Waals surface area (Å²) in [5.41, 5.74) is 4.80. The number of imidazole rings is 1. The number of carbonyl (C=O) groups excluding carboxylic acids is 1. The Kier molecular flexibility index (Phi) is 5.46. The Balaban J connectivity index is 1.34. The summed E-state index contributed by atoms with van der Waals surface area (Å²) < 4.78 is 0. The number of carbonyl (C=O) groups is 1. The van der Waals surface area contributed by atoms with Crippen LogP contribution < -0.4 is 10.2 Å². The van der Waals surface area contributed by atoms with Crippen LogP contribution in [0.3, 0.4) is 0 Å². The number of fused-ring (bicyclic) bond motifs is 1. The number of aryl methyl sites for hydroxylation is 1. The molecule has 2 N–H and O–H groups in total. The quantitative estimate of drug-likeness (QED) is 0.784. The molecule has 1 aromatic heterocycles. The lowest BCUT2D eigenvalue weighted by Crippen LogP contribution is -2.43. The molecule has 1 aliphatic heterocycles. The summed E-state index contributed by atoms with van der Waals surface area (Å²) in [4.78, 5) is 23.0. The molecule has 0 spiro atoms. The van der Waals surface area contributed by atoms with Crippen LogP contribution in [0.25, 0.3) is 11.0 Å². The molecule has 1 atom stereocenters. The van der Waals surface area contributed by atoms with Crippen LogP contribution >= 0.6 is 0 Å². The Hall–Kier alpha value is -2.30. The predicted molar refractivity (Wildman–Crippen MR) is 110 cm³/mol. The zero-order chi connectivity index (χ0) is 18.6. The molecule has 2 aliphatic rings. The summed E-state index contributed by atoms with van der Waals surface area (Å²) in [6.45, 7) is 4.55. The van der Waals surface area contributed by atoms with Gasteiger partial charge in [0, 0.05) is 19.6 Å². The second-order valence-corrected chi connectivity index (χ2v) is 8.02. The SMILES string of the molecule is Cc1ccc2nc(N3CCCC(C(=O)NCCC4=CCCCC4)C3)[nH]c2c1. The van der Waals surface area contributed by atoms with Crippen molar-refractivity contribution in [2.45, 2.75) is 51.9 Å². The molecule has 2 heterocycles. The minimum Gasteiger partial charge on any atom is -0.355 e. The number of aromatic amines is 1. The number of hydrogen-bond acceptors (Lipinski definition) is 3. The number of anilines is 1. The van der Waals surface area contributed by atoms with Gasteiger partial charge in [-0.2, -0.15) is 0 Å². The number of piperidine rings is 1. The Morgan fingerprint density at radius 2 is 2.26 bits per heavy atom. The maximum atomic E-state index is 12.6. The average molecular weight is 367 g/mol. The van der Waals surface area contributed by atoms with Crippen molar-refractivity contribution in [3.05, 3.63) is 35.4 Å². The largest absolute Gasteiger partial charge is 0.355 e. The molecule has 0 radical (unpaired) electrons. The van der Waals surface area contributed by atoms with Gasteiger partial charge in [0.05, 0.1) is 17.0 Å². The first kappa shape index (κ1) is 18.1. The maximum absolute atomic E-state index is 12.6. The number of benzene rings is 1. The zero-order valence-electron chi connectivity index (χ0n) is 16.3. The van der Waals surface area contributed by atoms with Gasteiger partial charge in [0.15, 0.2) is 0 Å². The number of rotatable bonds is 5. The van der Waals surface area contributed by atoms with E-state index >= 15 is 0 Å². The van der Waals surface area contributed by atoms with E-state index in [9.17, 15) is 4.79 Å². The molecule has 1 saturated heterocycles. The van der Waals surface area contributed by atoms with Crippen molar-refractivity contribution in [3.63, 3.8) is 0 Å². The molecule has 27 heavy (non-hydrogen) atoms. The van der Waals surface area contributed by atoms with Crippen molar-refractivity contribution in [1.29, 1.82) is 0 Å². The normalized spacial score (nSPS) is 20.6. The van der Waals surface area contributed by atoms with Gasteiger partial charge in [-0.15, -0.1) is 0 Å². The van der Waals surface area contributed by atoms with Crippen molar-refractivity contribution in [3.8, 4) is 0 Å². The number of hydrogen-bond donors (Lipinski definition) is 2. The predicted octanol–water partition coefficient (Wildman–Crippen LogP) is 4.09. The smallest absolute Gasteiger partial charge is 0.224 e. The van der Waals surface area contributed by atoms with Crippen LogP contribution in [-0.4, -0.2) is 35.5 Å². The van der Waals surface area contributed by atoms with E-state index in [4.69, 9.17) is 4.98 Å². The summed E-state index contributed by atoms with van der Waals surface area (Å²) in [5, 5.41) is 3.17. The highest BCUT2D eigenvalue weighted by Crippen LogP contribution is 2.24. The fourth-order valence-corrected chi connectivity index (χ4v) is 4.27. The van der Waals surface area contributed by atoms with E-state index in [1.54, 1.807) is 0 Å². The molecule has 2 aromatic rings. The number of amides is 1. The Labute approximate surface area is 161 Å². The molecule has 0 saturated carbocycles. The summed E-state index contributed by atoms with van der Waals surface area (Å²) in [7, 11) is 0. The summed E-state index contributed by atoms with van der Waals surface area (Å²) in [5.74, 6) is 1.14. The molecule has 1 fully saturated rings. The molecule has 5 nitrogen and oxygen atoms in total. The molecule has 1 aromatic carbocycles. The lowest BCUT2D eigenvalue weighted by Gasteiger charge is -2.31. The number of aromatic nitrogens is 2. The van der Waals surface area contributed by atoms with Crippen LogP contribution in [0.1, 0.15) is 50.5 Å². The van der Waals surface area contributed by atoms with Gasteiger partial charge in [0.25, 0.3) is 0 Å². The first-order valence-corrected chi connectivity index (χ1v) is 10.4. The molecular formula is C22H30N4O. The van der Waals surface area contributed by atoms with E-state index in [1.165, 1.54) is 36.8 Å². The minimum atomic E-state index is 0.0500. The lowest BCUT2D eigenvalue weighted by molar-refractivity contribution is -0.125. The molecule has 144 valence electrons. The minimum absolute atomic E-state index is 0.0500. The highest BCUT2D eigenvalue weighted by atomic mass is 16.1. The van der Waals surface area contributed by atoms with Crippen LogP contribution in [0.2, 0.25) is 0 Å². The Bertz CT molecular complexity index is 838. The summed E-state index contributed by atoms with van der Waals surface area (Å²) >= 11 is 0. The van der Waals surface area contributed by atoms with E-state index in [1.807, 2.05) is 0 Å². The topological polar surface area (TPSA) is 61.0 Å². The fraction of sp³-hybridized carbons (Fsp3) is 0.545. The lowest BCUT2D eigenvalue weighted by atomic mass is 9.96. The van der Waals surface area contributed by atoms with Gasteiger partial charge >= 0.3 is 0 Å². The van der Waals surface area contributed by atoms with Crippen molar-refractivity contribution in [2.24, 2.45) is 5.92 Å². The third-order valence-electron chi connectivity index (χ3n) is 5.85. The van der Waals surface area contributed by atoms with Crippen LogP contribution in [0.4, 0.5) is 5.95 Å². The van der Waals surface area contributed by atoms with Gasteiger partial charge in [-0.25, -0.2) is 4.98 Å². The van der Waals surface area contributed by atoms with Crippen molar-refractivity contribution in [1.82, 2.24) is 15.3 Å². The van der Waals surface area contributed by atoms with E-state index < -0.39 is 0 Å². The Morgan fingerprint density at radius 1 is 1.33 bits per heavy atom. The number of nitrogens with zero attached hydrogens (tertiary/aromatic N) is 2. The summed E-state index contributed by atoms with van der Waals surface area (Å²) in [6.07, 6.45) is 10.4. The molecule has 1 unspecified atom stereocenters. The van der Waals surface area contributed by atoms with Gasteiger partial charge in [-0.1, -0.05) is 17.7 Å². The third kappa shape index (κ3) is 4.34. The first-order chi connectivity index (χ1) is 13.2. The molecular weight excluding hydrogens is 336 g/mol. The third-order valence-corrected chi connectivity index (χ3v) is 5.85. The zero-order valence-corrected chi connectivity index (χ0v) is 16.3. The van der Waals surface area contributed by atoms with Crippen LogP contribution in [0.15, 0.2) is 29.8 Å². The standard InChI is InChI=1S/C22H30N4O/c1-16-9-10-19-20(14-16)25-22(24-19)26-13-5-8-18(15-26)21(27)23-12-11-17-6-3-2-4-7-17/h6,9-10,14,18H,2-5,7-8,11-13,15H2,1H3,(H,23,27)(H,24,25). The Morgan fingerprint density at radius 3 is 3.11 bits per heavy atom. The number of H-pyrrole nitrogens is 1. The van der Waals surface area contributed by atoms with Gasteiger partial charge in [0.1, 0.15) is 0 Å². The second kappa shape index (κ2) is 8.15. The number of allylic oxidation sites excluding steroid dienone is 1.